The van der Waals surface area contributed by atoms with Gasteiger partial charge in [-0.25, -0.2) is 19.3 Å². The number of rotatable bonds is 4. The largest absolute Gasteiger partial charge is 0.364 e. The number of aromatic nitrogens is 8. The Morgan fingerprint density at radius 2 is 1.94 bits per heavy atom. The van der Waals surface area contributed by atoms with Crippen LogP contribution in [0.25, 0.3) is 22.4 Å². The van der Waals surface area contributed by atoms with E-state index in [-0.39, 0.29) is 17.8 Å². The molecule has 31 heavy (non-hydrogen) atoms. The number of halogens is 2. The van der Waals surface area contributed by atoms with E-state index < -0.39 is 5.82 Å². The molecular weight excluding hydrogens is 421 g/mol. The second-order valence-corrected chi connectivity index (χ2v) is 8.72. The fraction of sp³-hybridized carbons (Fsp3) is 0.400. The van der Waals surface area contributed by atoms with Crippen molar-refractivity contribution >= 4 is 28.5 Å². The van der Waals surface area contributed by atoms with Crippen molar-refractivity contribution in [3.8, 4) is 11.4 Å². The topological polar surface area (TPSA) is 121 Å². The number of aromatic amines is 2. The summed E-state index contributed by atoms with van der Waals surface area (Å²) in [5.74, 6) is 1.69. The van der Waals surface area contributed by atoms with Crippen LogP contribution in [0.15, 0.2) is 24.7 Å². The molecule has 0 saturated heterocycles. The lowest BCUT2D eigenvalue weighted by Crippen LogP contribution is -2.47. The standard InChI is InChI=1S/C20H19ClFN9/c21-11-5-12-13(7-24-17(12)23-6-11)18-25-8-14(22)19(27-18)26-16-10-3-1-9(2-4-10)15(16)20-28-30-31-29-20/h5-10,15-16H,1-4H2,(H,23,24)(H,25,26,27)(H,28,29,30,31)/t9?,10?,15-,16-/m0/s1. The van der Waals surface area contributed by atoms with E-state index in [4.69, 9.17) is 11.6 Å². The third-order valence-corrected chi connectivity index (χ3v) is 6.87. The van der Waals surface area contributed by atoms with E-state index in [1.54, 1.807) is 18.5 Å². The van der Waals surface area contributed by atoms with Crippen molar-refractivity contribution in [3.63, 3.8) is 0 Å². The smallest absolute Gasteiger partial charge is 0.183 e. The monoisotopic (exact) mass is 439 g/mol. The second-order valence-electron chi connectivity index (χ2n) is 8.28. The number of tetrazole rings is 1. The van der Waals surface area contributed by atoms with Crippen molar-refractivity contribution in [2.75, 3.05) is 5.32 Å². The number of hydrogen-bond acceptors (Lipinski definition) is 7. The average molecular weight is 440 g/mol. The van der Waals surface area contributed by atoms with Crippen molar-refractivity contribution < 1.29 is 4.39 Å². The highest BCUT2D eigenvalue weighted by atomic mass is 35.5. The average Bonchev–Trinajstić information content (AvgIpc) is 3.46. The summed E-state index contributed by atoms with van der Waals surface area (Å²) in [6, 6.07) is 1.78. The van der Waals surface area contributed by atoms with Crippen LogP contribution in [-0.4, -0.2) is 46.6 Å². The zero-order valence-electron chi connectivity index (χ0n) is 16.4. The van der Waals surface area contributed by atoms with Crippen LogP contribution in [0.2, 0.25) is 5.02 Å². The molecule has 3 aliphatic carbocycles. The van der Waals surface area contributed by atoms with E-state index >= 15 is 0 Å². The summed E-state index contributed by atoms with van der Waals surface area (Å²) in [6.45, 7) is 0. The van der Waals surface area contributed by atoms with E-state index in [9.17, 15) is 4.39 Å². The molecule has 3 aliphatic rings. The van der Waals surface area contributed by atoms with Gasteiger partial charge in [0.15, 0.2) is 23.3 Å². The minimum atomic E-state index is -0.493. The summed E-state index contributed by atoms with van der Waals surface area (Å²) >= 11 is 6.11. The molecule has 3 saturated carbocycles. The van der Waals surface area contributed by atoms with Gasteiger partial charge < -0.3 is 10.3 Å². The summed E-state index contributed by atoms with van der Waals surface area (Å²) in [7, 11) is 0. The molecule has 3 N–H and O–H groups in total. The van der Waals surface area contributed by atoms with E-state index in [1.807, 2.05) is 0 Å². The summed E-state index contributed by atoms with van der Waals surface area (Å²) in [5.41, 5.74) is 1.39. The normalized spacial score (nSPS) is 25.2. The van der Waals surface area contributed by atoms with Crippen LogP contribution in [0.5, 0.6) is 0 Å². The molecule has 0 radical (unpaired) electrons. The number of hydrogen-bond donors (Lipinski definition) is 3. The Balaban J connectivity index is 1.37. The Morgan fingerprint density at radius 3 is 2.74 bits per heavy atom. The number of H-pyrrole nitrogens is 2. The van der Waals surface area contributed by atoms with Crippen LogP contribution in [-0.2, 0) is 0 Å². The molecule has 0 aliphatic heterocycles. The first kappa shape index (κ1) is 18.6. The van der Waals surface area contributed by atoms with Gasteiger partial charge in [0, 0.05) is 35.3 Å². The Morgan fingerprint density at radius 1 is 1.10 bits per heavy atom. The number of pyridine rings is 1. The molecule has 0 unspecified atom stereocenters. The molecule has 0 aromatic carbocycles. The quantitative estimate of drug-likeness (QED) is 0.443. The summed E-state index contributed by atoms with van der Waals surface area (Å²) in [6.07, 6.45) is 8.98. The van der Waals surface area contributed by atoms with Crippen LogP contribution in [0.4, 0.5) is 10.2 Å². The summed E-state index contributed by atoms with van der Waals surface area (Å²) < 4.78 is 14.8. The predicted molar refractivity (Wildman–Crippen MR) is 112 cm³/mol. The molecule has 2 bridgehead atoms. The molecule has 3 fully saturated rings. The molecule has 11 heteroatoms. The van der Waals surface area contributed by atoms with Gasteiger partial charge in [-0.05, 0) is 43.6 Å². The highest BCUT2D eigenvalue weighted by Gasteiger charge is 2.46. The molecule has 4 aromatic heterocycles. The first-order valence-electron chi connectivity index (χ1n) is 10.3. The maximum atomic E-state index is 14.8. The molecule has 2 atom stereocenters. The minimum Gasteiger partial charge on any atom is -0.364 e. The predicted octanol–water partition coefficient (Wildman–Crippen LogP) is 3.71. The van der Waals surface area contributed by atoms with Gasteiger partial charge in [0.05, 0.1) is 11.2 Å². The molecule has 0 spiro atoms. The second kappa shape index (κ2) is 7.23. The molecule has 0 amide bonds. The van der Waals surface area contributed by atoms with Gasteiger partial charge in [-0.1, -0.05) is 16.8 Å². The Hall–Kier alpha value is -3.14. The first-order valence-corrected chi connectivity index (χ1v) is 10.7. The van der Waals surface area contributed by atoms with Crippen molar-refractivity contribution in [3.05, 3.63) is 41.3 Å². The maximum Gasteiger partial charge on any atom is 0.183 e. The SMILES string of the molecule is Fc1cnc(-c2c[nH]c3ncc(Cl)cc23)nc1N[C@H]1C2CCC(CC2)[C@@H]1c1nn[nH]n1. The van der Waals surface area contributed by atoms with Crippen molar-refractivity contribution in [2.45, 2.75) is 37.6 Å². The van der Waals surface area contributed by atoms with E-state index in [2.05, 4.69) is 45.9 Å². The third-order valence-electron chi connectivity index (χ3n) is 6.67. The van der Waals surface area contributed by atoms with Gasteiger partial charge in [0.1, 0.15) is 5.65 Å². The number of anilines is 1. The van der Waals surface area contributed by atoms with Gasteiger partial charge in [-0.3, -0.25) is 0 Å². The van der Waals surface area contributed by atoms with Crippen molar-refractivity contribution in [2.24, 2.45) is 11.8 Å². The summed E-state index contributed by atoms with van der Waals surface area (Å²) in [4.78, 5) is 16.1. The number of fused-ring (bicyclic) bond motifs is 4. The van der Waals surface area contributed by atoms with Crippen LogP contribution in [0, 0.1) is 17.7 Å². The molecule has 4 aromatic rings. The van der Waals surface area contributed by atoms with Gasteiger partial charge in [0.2, 0.25) is 0 Å². The van der Waals surface area contributed by atoms with E-state index in [0.717, 1.165) is 31.1 Å². The van der Waals surface area contributed by atoms with Crippen molar-refractivity contribution in [1.29, 1.82) is 0 Å². The van der Waals surface area contributed by atoms with Gasteiger partial charge in [0.25, 0.3) is 0 Å². The lowest BCUT2D eigenvalue weighted by Gasteiger charge is -2.47. The minimum absolute atomic E-state index is 0.0126. The molecule has 158 valence electrons. The Labute approximate surface area is 181 Å². The molecule has 4 heterocycles. The van der Waals surface area contributed by atoms with Crippen LogP contribution in [0.1, 0.15) is 37.4 Å². The highest BCUT2D eigenvalue weighted by molar-refractivity contribution is 6.31. The van der Waals surface area contributed by atoms with Gasteiger partial charge >= 0.3 is 0 Å². The lowest BCUT2D eigenvalue weighted by atomic mass is 9.61. The fourth-order valence-electron chi connectivity index (χ4n) is 5.26. The van der Waals surface area contributed by atoms with Crippen LogP contribution >= 0.6 is 11.6 Å². The van der Waals surface area contributed by atoms with Crippen LogP contribution in [0.3, 0.4) is 0 Å². The lowest BCUT2D eigenvalue weighted by molar-refractivity contribution is 0.121. The number of nitrogens with one attached hydrogen (secondary N) is 3. The first-order chi connectivity index (χ1) is 15.2. The zero-order valence-corrected chi connectivity index (χ0v) is 17.1. The maximum absolute atomic E-state index is 14.8. The number of nitrogens with zero attached hydrogens (tertiary/aromatic N) is 6. The molecular formula is C20H19ClFN9. The van der Waals surface area contributed by atoms with E-state index in [1.165, 1.54) is 6.20 Å². The summed E-state index contributed by atoms with van der Waals surface area (Å²) in [5, 5.41) is 19.4. The highest BCUT2D eigenvalue weighted by Crippen LogP contribution is 2.49. The molecule has 7 rings (SSSR count). The fourth-order valence-corrected chi connectivity index (χ4v) is 5.42. The van der Waals surface area contributed by atoms with Crippen LogP contribution < -0.4 is 5.32 Å². The Bertz CT molecular complexity index is 1230. The Kier molecular flexibility index (Phi) is 4.34. The van der Waals surface area contributed by atoms with E-state index in [0.29, 0.717) is 39.7 Å². The third kappa shape index (κ3) is 3.13. The van der Waals surface area contributed by atoms with Gasteiger partial charge in [-0.2, -0.15) is 5.21 Å². The van der Waals surface area contributed by atoms with Gasteiger partial charge in [-0.15, -0.1) is 10.2 Å². The zero-order chi connectivity index (χ0) is 20.9. The molecule has 9 nitrogen and oxygen atoms in total. The van der Waals surface area contributed by atoms with Crippen molar-refractivity contribution in [1.82, 2.24) is 40.6 Å².